The van der Waals surface area contributed by atoms with Gasteiger partial charge in [0.15, 0.2) is 0 Å². The monoisotopic (exact) mass is 326 g/mol. The van der Waals surface area contributed by atoms with Crippen LogP contribution in [0.25, 0.3) is 0 Å². The maximum Gasteiger partial charge on any atom is 0.254 e. The molecule has 19 heavy (non-hydrogen) atoms. The van der Waals surface area contributed by atoms with Crippen molar-refractivity contribution in [1.29, 1.82) is 0 Å². The van der Waals surface area contributed by atoms with E-state index in [1.54, 1.807) is 18.3 Å². The molecule has 4 nitrogen and oxygen atoms in total. The number of pyridine rings is 1. The molecule has 1 amide bonds. The van der Waals surface area contributed by atoms with Crippen LogP contribution in [0, 0.1) is 5.41 Å². The molecule has 1 aliphatic carbocycles. The van der Waals surface area contributed by atoms with Crippen LogP contribution in [-0.4, -0.2) is 29.6 Å². The summed E-state index contributed by atoms with van der Waals surface area (Å²) in [5.74, 6) is -0.0898. The molecule has 1 fully saturated rings. The Morgan fingerprint density at radius 2 is 2.37 bits per heavy atom. The first-order valence-corrected chi connectivity index (χ1v) is 7.29. The molecule has 0 saturated heterocycles. The van der Waals surface area contributed by atoms with Gasteiger partial charge in [-0.05, 0) is 41.4 Å². The largest absolute Gasteiger partial charge is 0.378 e. The number of nitrogens with one attached hydrogen (secondary N) is 1. The van der Waals surface area contributed by atoms with Crippen molar-refractivity contribution >= 4 is 21.8 Å². The van der Waals surface area contributed by atoms with Gasteiger partial charge in [-0.2, -0.15) is 0 Å². The van der Waals surface area contributed by atoms with Crippen molar-refractivity contribution in [2.75, 3.05) is 6.61 Å². The molecule has 0 aliphatic heterocycles. The van der Waals surface area contributed by atoms with Crippen molar-refractivity contribution < 1.29 is 9.53 Å². The molecule has 0 spiro atoms. The van der Waals surface area contributed by atoms with Crippen LogP contribution in [0.4, 0.5) is 0 Å². The van der Waals surface area contributed by atoms with Crippen molar-refractivity contribution in [3.63, 3.8) is 0 Å². The van der Waals surface area contributed by atoms with Gasteiger partial charge in [-0.25, -0.2) is 4.98 Å². The zero-order valence-corrected chi connectivity index (χ0v) is 13.0. The third-order valence-corrected chi connectivity index (χ3v) is 4.49. The summed E-state index contributed by atoms with van der Waals surface area (Å²) < 4.78 is 6.24. The molecule has 2 rings (SSSR count). The minimum Gasteiger partial charge on any atom is -0.378 e. The Morgan fingerprint density at radius 3 is 2.95 bits per heavy atom. The number of ether oxygens (including phenoxy) is 1. The molecule has 1 aromatic heterocycles. The summed E-state index contributed by atoms with van der Waals surface area (Å²) in [7, 11) is 0. The van der Waals surface area contributed by atoms with Gasteiger partial charge in [0.05, 0.1) is 11.7 Å². The summed E-state index contributed by atoms with van der Waals surface area (Å²) >= 11 is 3.30. The van der Waals surface area contributed by atoms with E-state index < -0.39 is 0 Å². The third kappa shape index (κ3) is 2.82. The van der Waals surface area contributed by atoms with Crippen LogP contribution < -0.4 is 5.32 Å². The average Bonchev–Trinajstić information content (AvgIpc) is 2.38. The van der Waals surface area contributed by atoms with Crippen molar-refractivity contribution in [2.45, 2.75) is 39.3 Å². The highest BCUT2D eigenvalue weighted by atomic mass is 79.9. The number of halogens is 1. The van der Waals surface area contributed by atoms with E-state index in [-0.39, 0.29) is 23.5 Å². The van der Waals surface area contributed by atoms with Gasteiger partial charge < -0.3 is 10.1 Å². The zero-order valence-electron chi connectivity index (χ0n) is 11.4. The van der Waals surface area contributed by atoms with Gasteiger partial charge in [0.1, 0.15) is 4.60 Å². The lowest BCUT2D eigenvalue weighted by Gasteiger charge is -2.51. The molecule has 1 heterocycles. The molecule has 1 aromatic rings. The van der Waals surface area contributed by atoms with E-state index in [4.69, 9.17) is 4.74 Å². The third-order valence-electron chi connectivity index (χ3n) is 3.85. The summed E-state index contributed by atoms with van der Waals surface area (Å²) in [5, 5.41) is 3.06. The summed E-state index contributed by atoms with van der Waals surface area (Å²) in [6.45, 7) is 6.96. The number of carbonyl (C=O) groups is 1. The zero-order chi connectivity index (χ0) is 14.0. The topological polar surface area (TPSA) is 51.2 Å². The van der Waals surface area contributed by atoms with Crippen molar-refractivity contribution in [3.05, 3.63) is 28.5 Å². The molecule has 1 saturated carbocycles. The van der Waals surface area contributed by atoms with Crippen LogP contribution >= 0.6 is 15.9 Å². The molecular formula is C14H19BrN2O2. The van der Waals surface area contributed by atoms with E-state index in [2.05, 4.69) is 40.1 Å². The molecule has 0 radical (unpaired) electrons. The van der Waals surface area contributed by atoms with Gasteiger partial charge in [0, 0.05) is 24.3 Å². The van der Waals surface area contributed by atoms with E-state index >= 15 is 0 Å². The lowest BCUT2D eigenvalue weighted by Crippen LogP contribution is -2.62. The Hall–Kier alpha value is -0.940. The second kappa shape index (κ2) is 5.59. The number of rotatable bonds is 4. The van der Waals surface area contributed by atoms with Gasteiger partial charge in [-0.1, -0.05) is 13.8 Å². The fourth-order valence-electron chi connectivity index (χ4n) is 2.41. The maximum atomic E-state index is 12.2. The summed E-state index contributed by atoms with van der Waals surface area (Å²) in [5.41, 5.74) is 0.540. The number of nitrogens with zero attached hydrogens (tertiary/aromatic N) is 1. The number of aromatic nitrogens is 1. The summed E-state index contributed by atoms with van der Waals surface area (Å²) in [6, 6.07) is 3.66. The average molecular weight is 327 g/mol. The molecular weight excluding hydrogens is 308 g/mol. The Kier molecular flexibility index (Phi) is 4.26. The molecule has 1 N–H and O–H groups in total. The lowest BCUT2D eigenvalue weighted by atomic mass is 9.64. The van der Waals surface area contributed by atoms with Gasteiger partial charge in [0.2, 0.25) is 0 Å². The van der Waals surface area contributed by atoms with Crippen LogP contribution in [0.3, 0.4) is 0 Å². The Bertz CT molecular complexity index is 476. The standard InChI is InChI=1S/C14H19BrN2O2/c1-4-19-11-8-10(14(11,2)3)17-13(18)9-6-5-7-16-12(9)15/h5-7,10-11H,4,8H2,1-3H3,(H,17,18). The van der Waals surface area contributed by atoms with Crippen molar-refractivity contribution in [2.24, 2.45) is 5.41 Å². The first kappa shape index (κ1) is 14.5. The van der Waals surface area contributed by atoms with Crippen molar-refractivity contribution in [3.8, 4) is 0 Å². The van der Waals surface area contributed by atoms with Crippen LogP contribution in [0.2, 0.25) is 0 Å². The quantitative estimate of drug-likeness (QED) is 0.865. The van der Waals surface area contributed by atoms with E-state index in [0.29, 0.717) is 16.8 Å². The fourth-order valence-corrected chi connectivity index (χ4v) is 2.84. The van der Waals surface area contributed by atoms with Gasteiger partial charge in [-0.15, -0.1) is 0 Å². The molecule has 1 aliphatic rings. The normalized spacial score (nSPS) is 24.6. The first-order chi connectivity index (χ1) is 8.96. The summed E-state index contributed by atoms with van der Waals surface area (Å²) in [6.07, 6.45) is 2.74. The van der Waals surface area contributed by atoms with Gasteiger partial charge >= 0.3 is 0 Å². The van der Waals surface area contributed by atoms with Crippen LogP contribution in [-0.2, 0) is 4.74 Å². The molecule has 2 atom stereocenters. The fraction of sp³-hybridized carbons (Fsp3) is 0.571. The highest BCUT2D eigenvalue weighted by molar-refractivity contribution is 9.10. The maximum absolute atomic E-state index is 12.2. The van der Waals surface area contributed by atoms with Crippen LogP contribution in [0.15, 0.2) is 22.9 Å². The van der Waals surface area contributed by atoms with E-state index in [1.807, 2.05) is 6.92 Å². The lowest BCUT2D eigenvalue weighted by molar-refractivity contribution is -0.111. The Labute approximate surface area is 122 Å². The number of hydrogen-bond donors (Lipinski definition) is 1. The van der Waals surface area contributed by atoms with Gasteiger partial charge in [-0.3, -0.25) is 4.79 Å². The SMILES string of the molecule is CCOC1CC(NC(=O)c2cccnc2Br)C1(C)C. The number of hydrogen-bond acceptors (Lipinski definition) is 3. The van der Waals surface area contributed by atoms with Gasteiger partial charge in [0.25, 0.3) is 5.91 Å². The molecule has 5 heteroatoms. The molecule has 0 bridgehead atoms. The molecule has 2 unspecified atom stereocenters. The number of carbonyl (C=O) groups excluding carboxylic acids is 1. The Morgan fingerprint density at radius 1 is 1.63 bits per heavy atom. The predicted molar refractivity (Wildman–Crippen MR) is 77.0 cm³/mol. The smallest absolute Gasteiger partial charge is 0.254 e. The van der Waals surface area contributed by atoms with E-state index in [1.165, 1.54) is 0 Å². The molecule has 104 valence electrons. The summed E-state index contributed by atoms with van der Waals surface area (Å²) in [4.78, 5) is 16.3. The Balaban J connectivity index is 2.00. The van der Waals surface area contributed by atoms with E-state index in [9.17, 15) is 4.79 Å². The van der Waals surface area contributed by atoms with Crippen molar-refractivity contribution in [1.82, 2.24) is 10.3 Å². The molecule has 0 aromatic carbocycles. The second-order valence-electron chi connectivity index (χ2n) is 5.37. The highest BCUT2D eigenvalue weighted by Gasteiger charge is 2.49. The minimum absolute atomic E-state index is 0.0274. The van der Waals surface area contributed by atoms with E-state index in [0.717, 1.165) is 6.42 Å². The predicted octanol–water partition coefficient (Wildman–Crippen LogP) is 2.78. The second-order valence-corrected chi connectivity index (χ2v) is 6.12. The first-order valence-electron chi connectivity index (χ1n) is 6.49. The van der Waals surface area contributed by atoms with Crippen LogP contribution in [0.1, 0.15) is 37.6 Å². The minimum atomic E-state index is -0.0898. The number of amides is 1. The highest BCUT2D eigenvalue weighted by Crippen LogP contribution is 2.42. The van der Waals surface area contributed by atoms with Crippen LogP contribution in [0.5, 0.6) is 0 Å².